The molecule has 0 aliphatic rings. The van der Waals surface area contributed by atoms with Crippen molar-refractivity contribution in [1.29, 1.82) is 0 Å². The first kappa shape index (κ1) is 22.6. The first-order valence-electron chi connectivity index (χ1n) is 10.5. The van der Waals surface area contributed by atoms with Gasteiger partial charge in [-0.2, -0.15) is 0 Å². The second-order valence-electron chi connectivity index (χ2n) is 7.59. The van der Waals surface area contributed by atoms with E-state index in [1.165, 1.54) is 11.3 Å². The van der Waals surface area contributed by atoms with Crippen LogP contribution in [0.5, 0.6) is 5.75 Å². The molecule has 1 amide bonds. The quantitative estimate of drug-likeness (QED) is 0.233. The second-order valence-corrected chi connectivity index (χ2v) is 10.0. The molecule has 5 rings (SSSR count). The van der Waals surface area contributed by atoms with E-state index in [-0.39, 0.29) is 5.91 Å². The lowest BCUT2D eigenvalue weighted by Gasteiger charge is -2.19. The maximum atomic E-state index is 12.5. The molecule has 0 fully saturated rings. The Balaban J connectivity index is 1.44. The first-order valence-corrected chi connectivity index (χ1v) is 12.5. The highest BCUT2D eigenvalue weighted by Gasteiger charge is 2.21. The fraction of sp³-hybridized carbons (Fsp3) is 0.0370. The van der Waals surface area contributed by atoms with Crippen molar-refractivity contribution in [3.63, 3.8) is 0 Å². The van der Waals surface area contributed by atoms with Crippen molar-refractivity contribution in [1.82, 2.24) is 4.98 Å². The van der Waals surface area contributed by atoms with Crippen LogP contribution in [0.4, 0.5) is 5.13 Å². The maximum Gasteiger partial charge on any atom is 0.257 e. The van der Waals surface area contributed by atoms with Crippen LogP contribution in [0.15, 0.2) is 102 Å². The van der Waals surface area contributed by atoms with Gasteiger partial charge in [0.05, 0.1) is 4.88 Å². The van der Waals surface area contributed by atoms with Gasteiger partial charge in [0.15, 0.2) is 11.2 Å². The number of fused-ring (bicyclic) bond motifs is 1. The summed E-state index contributed by atoms with van der Waals surface area (Å²) in [6, 6.07) is 28.7. The number of halogens is 2. The molecule has 0 aliphatic carbocycles. The molecule has 0 spiro atoms. The zero-order chi connectivity index (χ0) is 23.5. The molecule has 0 saturated heterocycles. The SMILES string of the molecule is O=C(Nc1ncc(C(Oc2ccc3cc(Br)ccc3c2)c2ccc(Cl)cc2)s1)c1ccccc1. The van der Waals surface area contributed by atoms with E-state index in [0.29, 0.717) is 15.7 Å². The van der Waals surface area contributed by atoms with Crippen molar-refractivity contribution in [3.05, 3.63) is 123 Å². The average Bonchev–Trinajstić information content (AvgIpc) is 3.32. The molecule has 1 heterocycles. The van der Waals surface area contributed by atoms with Gasteiger partial charge in [-0.15, -0.1) is 0 Å². The summed E-state index contributed by atoms with van der Waals surface area (Å²) in [5, 5.41) is 6.23. The summed E-state index contributed by atoms with van der Waals surface area (Å²) in [5.74, 6) is 0.532. The van der Waals surface area contributed by atoms with Gasteiger partial charge < -0.3 is 4.74 Å². The molecule has 7 heteroatoms. The van der Waals surface area contributed by atoms with Gasteiger partial charge in [-0.05, 0) is 64.9 Å². The Bertz CT molecular complexity index is 1460. The number of benzene rings is 4. The van der Waals surface area contributed by atoms with Crippen LogP contribution in [0.2, 0.25) is 5.02 Å². The van der Waals surface area contributed by atoms with Crippen molar-refractivity contribution < 1.29 is 9.53 Å². The summed E-state index contributed by atoms with van der Waals surface area (Å²) in [5.41, 5.74) is 1.51. The Morgan fingerprint density at radius 1 is 0.941 bits per heavy atom. The highest BCUT2D eigenvalue weighted by molar-refractivity contribution is 9.10. The van der Waals surface area contributed by atoms with Gasteiger partial charge in [-0.3, -0.25) is 10.1 Å². The summed E-state index contributed by atoms with van der Waals surface area (Å²) in [7, 11) is 0. The number of ether oxygens (including phenoxy) is 1. The molecule has 0 aliphatic heterocycles. The molecule has 34 heavy (non-hydrogen) atoms. The van der Waals surface area contributed by atoms with Crippen LogP contribution in [0.3, 0.4) is 0 Å². The van der Waals surface area contributed by atoms with Gasteiger partial charge in [-0.25, -0.2) is 4.98 Å². The van der Waals surface area contributed by atoms with Crippen LogP contribution in [0.25, 0.3) is 10.8 Å². The van der Waals surface area contributed by atoms with E-state index in [1.807, 2.05) is 72.8 Å². The Kier molecular flexibility index (Phi) is 6.63. The minimum absolute atomic E-state index is 0.203. The van der Waals surface area contributed by atoms with Gasteiger partial charge in [0.1, 0.15) is 5.75 Å². The number of carbonyl (C=O) groups is 1. The number of anilines is 1. The van der Waals surface area contributed by atoms with E-state index in [0.717, 1.165) is 31.4 Å². The normalized spacial score (nSPS) is 11.8. The minimum Gasteiger partial charge on any atom is -0.480 e. The van der Waals surface area contributed by atoms with E-state index in [2.05, 4.69) is 32.3 Å². The van der Waals surface area contributed by atoms with Crippen LogP contribution >= 0.6 is 38.9 Å². The van der Waals surface area contributed by atoms with E-state index in [9.17, 15) is 4.79 Å². The van der Waals surface area contributed by atoms with Crippen molar-refractivity contribution in [2.75, 3.05) is 5.32 Å². The monoisotopic (exact) mass is 548 g/mol. The molecular formula is C27H18BrClN2O2S. The number of hydrogen-bond acceptors (Lipinski definition) is 4. The van der Waals surface area contributed by atoms with E-state index in [1.54, 1.807) is 18.3 Å². The third-order valence-electron chi connectivity index (χ3n) is 5.24. The Labute approximate surface area is 214 Å². The van der Waals surface area contributed by atoms with Crippen LogP contribution in [0, 0.1) is 0 Å². The number of aromatic nitrogens is 1. The summed E-state index contributed by atoms with van der Waals surface area (Å²) in [6.07, 6.45) is 1.33. The summed E-state index contributed by atoms with van der Waals surface area (Å²) in [6.45, 7) is 0. The highest BCUT2D eigenvalue weighted by atomic mass is 79.9. The van der Waals surface area contributed by atoms with Crippen LogP contribution in [-0.2, 0) is 0 Å². The molecular weight excluding hydrogens is 532 g/mol. The highest BCUT2D eigenvalue weighted by Crippen LogP contribution is 2.35. The number of thiazole rings is 1. The molecule has 4 nitrogen and oxygen atoms in total. The fourth-order valence-corrected chi connectivity index (χ4v) is 4.93. The lowest BCUT2D eigenvalue weighted by atomic mass is 10.1. The van der Waals surface area contributed by atoms with Crippen molar-refractivity contribution >= 4 is 60.7 Å². The fourth-order valence-electron chi connectivity index (χ4n) is 3.56. The van der Waals surface area contributed by atoms with Gasteiger partial charge in [0.25, 0.3) is 5.91 Å². The summed E-state index contributed by atoms with van der Waals surface area (Å²) < 4.78 is 7.50. The topological polar surface area (TPSA) is 51.2 Å². The number of amides is 1. The van der Waals surface area contributed by atoms with E-state index < -0.39 is 6.10 Å². The first-order chi connectivity index (χ1) is 16.5. The average molecular weight is 550 g/mol. The molecule has 5 aromatic rings. The standard InChI is InChI=1S/C27H18BrClN2O2S/c28-21-10-6-20-15-23(13-9-19(20)14-21)33-25(17-7-11-22(29)12-8-17)24-16-30-27(34-24)31-26(32)18-4-2-1-3-5-18/h1-16,25H,(H,30,31,32). The zero-order valence-corrected chi connectivity index (χ0v) is 20.9. The van der Waals surface area contributed by atoms with Crippen molar-refractivity contribution in [3.8, 4) is 5.75 Å². The molecule has 1 atom stereocenters. The number of nitrogens with zero attached hydrogens (tertiary/aromatic N) is 1. The molecule has 0 bridgehead atoms. The third-order valence-corrected chi connectivity index (χ3v) is 6.94. The van der Waals surface area contributed by atoms with Gasteiger partial charge in [0, 0.05) is 21.3 Å². The van der Waals surface area contributed by atoms with E-state index in [4.69, 9.17) is 16.3 Å². The molecule has 0 saturated carbocycles. The predicted octanol–water partition coefficient (Wildman–Crippen LogP) is 8.13. The second kappa shape index (κ2) is 9.97. The molecule has 1 unspecified atom stereocenters. The minimum atomic E-state index is -0.412. The van der Waals surface area contributed by atoms with Gasteiger partial charge >= 0.3 is 0 Å². The van der Waals surface area contributed by atoms with Crippen LogP contribution < -0.4 is 10.1 Å². The number of rotatable bonds is 6. The molecule has 4 aromatic carbocycles. The number of carbonyl (C=O) groups excluding carboxylic acids is 1. The molecule has 1 N–H and O–H groups in total. The lowest BCUT2D eigenvalue weighted by molar-refractivity contribution is 0.102. The Morgan fingerprint density at radius 2 is 1.68 bits per heavy atom. The van der Waals surface area contributed by atoms with Crippen molar-refractivity contribution in [2.45, 2.75) is 6.10 Å². The largest absolute Gasteiger partial charge is 0.480 e. The predicted molar refractivity (Wildman–Crippen MR) is 142 cm³/mol. The lowest BCUT2D eigenvalue weighted by Crippen LogP contribution is -2.11. The number of hydrogen-bond donors (Lipinski definition) is 1. The summed E-state index contributed by atoms with van der Waals surface area (Å²) >= 11 is 11.0. The zero-order valence-electron chi connectivity index (χ0n) is 17.7. The number of nitrogens with one attached hydrogen (secondary N) is 1. The summed E-state index contributed by atoms with van der Waals surface area (Å²) in [4.78, 5) is 17.8. The third kappa shape index (κ3) is 5.14. The molecule has 1 aromatic heterocycles. The van der Waals surface area contributed by atoms with Crippen LogP contribution in [0.1, 0.15) is 26.9 Å². The van der Waals surface area contributed by atoms with Crippen LogP contribution in [-0.4, -0.2) is 10.9 Å². The van der Waals surface area contributed by atoms with Gasteiger partial charge in [-0.1, -0.05) is 81.3 Å². The van der Waals surface area contributed by atoms with Gasteiger partial charge in [0.2, 0.25) is 0 Å². The Morgan fingerprint density at radius 3 is 2.47 bits per heavy atom. The smallest absolute Gasteiger partial charge is 0.257 e. The molecule has 0 radical (unpaired) electrons. The van der Waals surface area contributed by atoms with E-state index >= 15 is 0 Å². The van der Waals surface area contributed by atoms with Crippen molar-refractivity contribution in [2.24, 2.45) is 0 Å². The maximum absolute atomic E-state index is 12.5. The Hall–Kier alpha value is -3.19. The molecule has 168 valence electrons.